The highest BCUT2D eigenvalue weighted by Crippen LogP contribution is 2.14. The normalized spacial score (nSPS) is 12.2. The van der Waals surface area contributed by atoms with Crippen LogP contribution in [0.3, 0.4) is 0 Å². The van der Waals surface area contributed by atoms with E-state index in [1.54, 1.807) is 24.3 Å². The highest BCUT2D eigenvalue weighted by atomic mass is 16.5. The van der Waals surface area contributed by atoms with Crippen molar-refractivity contribution in [3.63, 3.8) is 0 Å². The van der Waals surface area contributed by atoms with E-state index in [-0.39, 0.29) is 0 Å². The topological polar surface area (TPSA) is 52.6 Å². The van der Waals surface area contributed by atoms with Crippen molar-refractivity contribution in [3.8, 4) is 0 Å². The molecular formula is C29H46O4. The summed E-state index contributed by atoms with van der Waals surface area (Å²) in [6, 6.07) is 6.74. The number of carbonyl (C=O) groups is 2. The Morgan fingerprint density at radius 1 is 0.636 bits per heavy atom. The fourth-order valence-electron chi connectivity index (χ4n) is 3.68. The molecule has 0 fully saturated rings. The van der Waals surface area contributed by atoms with Gasteiger partial charge in [0.1, 0.15) is 0 Å². The molecule has 0 unspecified atom stereocenters. The van der Waals surface area contributed by atoms with Gasteiger partial charge in [-0.15, -0.1) is 0 Å². The summed E-state index contributed by atoms with van der Waals surface area (Å²) in [5, 5.41) is 0. The Morgan fingerprint density at radius 2 is 1.03 bits per heavy atom. The molecule has 0 saturated heterocycles. The van der Waals surface area contributed by atoms with Gasteiger partial charge in [-0.25, -0.2) is 9.59 Å². The van der Waals surface area contributed by atoms with E-state index in [1.807, 2.05) is 0 Å². The smallest absolute Gasteiger partial charge is 0.339 e. The van der Waals surface area contributed by atoms with E-state index in [2.05, 4.69) is 26.0 Å². The summed E-state index contributed by atoms with van der Waals surface area (Å²) in [5.74, 6) is -0.888. The quantitative estimate of drug-likeness (QED) is 0.142. The van der Waals surface area contributed by atoms with Crippen LogP contribution in [0.4, 0.5) is 0 Å². The molecule has 1 aromatic rings. The van der Waals surface area contributed by atoms with Gasteiger partial charge in [0.25, 0.3) is 0 Å². The van der Waals surface area contributed by atoms with E-state index < -0.39 is 11.9 Å². The van der Waals surface area contributed by atoms with Crippen molar-refractivity contribution in [1.29, 1.82) is 0 Å². The maximum atomic E-state index is 12.4. The van der Waals surface area contributed by atoms with Gasteiger partial charge in [0.2, 0.25) is 0 Å². The van der Waals surface area contributed by atoms with Crippen LogP contribution in [0.2, 0.25) is 0 Å². The lowest BCUT2D eigenvalue weighted by Gasteiger charge is -2.10. The highest BCUT2D eigenvalue weighted by Gasteiger charge is 2.18. The van der Waals surface area contributed by atoms with Crippen LogP contribution in [-0.2, 0) is 9.47 Å². The van der Waals surface area contributed by atoms with Crippen LogP contribution >= 0.6 is 0 Å². The Hall–Kier alpha value is -2.10. The first-order chi connectivity index (χ1) is 16.2. The molecule has 0 heterocycles. The average molecular weight is 459 g/mol. The second-order valence-corrected chi connectivity index (χ2v) is 8.76. The molecule has 1 aromatic carbocycles. The zero-order chi connectivity index (χ0) is 24.0. The molecule has 0 atom stereocenters. The van der Waals surface area contributed by atoms with E-state index in [0.29, 0.717) is 24.3 Å². The molecule has 0 N–H and O–H groups in total. The Kier molecular flexibility index (Phi) is 18.0. The standard InChI is InChI=1S/C24H38O4.C5H8/c1-3-5-7-9-11-15-19-27-23(25)21-17-13-14-18-22(21)24(26)28-20-16-12-10-8-6-4-2;1-2-4-5-3-1/h13-14,17-18H,3-12,15-16,19-20H2,1-2H3;1-2H,3-5H2. The number of benzene rings is 1. The molecule has 0 saturated carbocycles. The average Bonchev–Trinajstić information content (AvgIpc) is 3.43. The zero-order valence-electron chi connectivity index (χ0n) is 21.1. The number of ether oxygens (including phenoxy) is 2. The Labute approximate surface area is 202 Å². The minimum atomic E-state index is -0.444. The van der Waals surface area contributed by atoms with Crippen LogP contribution in [-0.4, -0.2) is 25.2 Å². The largest absolute Gasteiger partial charge is 0.462 e. The van der Waals surface area contributed by atoms with Gasteiger partial charge in [0, 0.05) is 0 Å². The van der Waals surface area contributed by atoms with E-state index >= 15 is 0 Å². The molecule has 0 radical (unpaired) electrons. The number of carbonyl (C=O) groups excluding carboxylic acids is 2. The Balaban J connectivity index is 0.000000953. The van der Waals surface area contributed by atoms with E-state index in [0.717, 1.165) is 25.7 Å². The second-order valence-electron chi connectivity index (χ2n) is 8.76. The maximum Gasteiger partial charge on any atom is 0.339 e. The lowest BCUT2D eigenvalue weighted by molar-refractivity contribution is 0.0450. The van der Waals surface area contributed by atoms with Crippen molar-refractivity contribution < 1.29 is 19.1 Å². The van der Waals surface area contributed by atoms with E-state index in [4.69, 9.17) is 9.47 Å². The number of allylic oxidation sites excluding steroid dienone is 2. The Morgan fingerprint density at radius 3 is 1.39 bits per heavy atom. The Bertz CT molecular complexity index is 610. The van der Waals surface area contributed by atoms with Crippen molar-refractivity contribution in [3.05, 3.63) is 47.5 Å². The second kappa shape index (κ2) is 20.5. The van der Waals surface area contributed by atoms with Crippen molar-refractivity contribution in [2.45, 2.75) is 110 Å². The SMILES string of the molecule is C1=CCCC1.CCCCCCCCOC(=O)c1ccccc1C(=O)OCCCCCCCC. The molecule has 1 aliphatic carbocycles. The molecule has 4 nitrogen and oxygen atoms in total. The molecule has 0 aliphatic heterocycles. The van der Waals surface area contributed by atoms with Crippen LogP contribution < -0.4 is 0 Å². The number of rotatable bonds is 16. The first kappa shape index (κ1) is 28.9. The molecule has 4 heteroatoms. The van der Waals surface area contributed by atoms with Crippen molar-refractivity contribution in [2.24, 2.45) is 0 Å². The molecule has 2 rings (SSSR count). The predicted octanol–water partition coefficient (Wildman–Crippen LogP) is 8.45. The highest BCUT2D eigenvalue weighted by molar-refractivity contribution is 6.03. The summed E-state index contributed by atoms with van der Waals surface area (Å²) in [5.41, 5.74) is 0.586. The van der Waals surface area contributed by atoms with E-state index in [9.17, 15) is 9.59 Å². The van der Waals surface area contributed by atoms with Gasteiger partial charge in [-0.05, 0) is 44.2 Å². The van der Waals surface area contributed by atoms with Gasteiger partial charge in [-0.2, -0.15) is 0 Å². The third kappa shape index (κ3) is 14.6. The summed E-state index contributed by atoms with van der Waals surface area (Å²) in [6.45, 7) is 5.17. The summed E-state index contributed by atoms with van der Waals surface area (Å²) < 4.78 is 10.7. The first-order valence-corrected chi connectivity index (χ1v) is 13.3. The lowest BCUT2D eigenvalue weighted by Crippen LogP contribution is -2.15. The maximum absolute atomic E-state index is 12.4. The fourth-order valence-corrected chi connectivity index (χ4v) is 3.68. The van der Waals surface area contributed by atoms with Gasteiger partial charge < -0.3 is 9.47 Å². The molecular weight excluding hydrogens is 412 g/mol. The third-order valence-electron chi connectivity index (χ3n) is 5.74. The molecule has 33 heavy (non-hydrogen) atoms. The number of hydrogen-bond donors (Lipinski definition) is 0. The molecule has 0 aromatic heterocycles. The molecule has 1 aliphatic rings. The van der Waals surface area contributed by atoms with Gasteiger partial charge in [-0.3, -0.25) is 0 Å². The molecule has 0 amide bonds. The molecule has 0 spiro atoms. The van der Waals surface area contributed by atoms with Gasteiger partial charge in [-0.1, -0.05) is 102 Å². The minimum Gasteiger partial charge on any atom is -0.462 e. The van der Waals surface area contributed by atoms with Crippen molar-refractivity contribution >= 4 is 11.9 Å². The number of esters is 2. The van der Waals surface area contributed by atoms with E-state index in [1.165, 1.54) is 70.6 Å². The van der Waals surface area contributed by atoms with Crippen LogP contribution in [0.5, 0.6) is 0 Å². The summed E-state index contributed by atoms with van der Waals surface area (Å²) in [4.78, 5) is 24.7. The van der Waals surface area contributed by atoms with Crippen LogP contribution in [0, 0.1) is 0 Å². The minimum absolute atomic E-state index is 0.293. The van der Waals surface area contributed by atoms with Crippen molar-refractivity contribution in [1.82, 2.24) is 0 Å². The van der Waals surface area contributed by atoms with Gasteiger partial charge in [0.15, 0.2) is 0 Å². The molecule has 0 bridgehead atoms. The predicted molar refractivity (Wildman–Crippen MR) is 137 cm³/mol. The van der Waals surface area contributed by atoms with Crippen LogP contribution in [0.15, 0.2) is 36.4 Å². The first-order valence-electron chi connectivity index (χ1n) is 13.3. The monoisotopic (exact) mass is 458 g/mol. The fraction of sp³-hybridized carbons (Fsp3) is 0.655. The van der Waals surface area contributed by atoms with Gasteiger partial charge >= 0.3 is 11.9 Å². The van der Waals surface area contributed by atoms with Crippen molar-refractivity contribution in [2.75, 3.05) is 13.2 Å². The molecule has 186 valence electrons. The lowest BCUT2D eigenvalue weighted by atomic mass is 10.1. The zero-order valence-corrected chi connectivity index (χ0v) is 21.1. The summed E-state index contributed by atoms with van der Waals surface area (Å²) in [7, 11) is 0. The number of hydrogen-bond acceptors (Lipinski definition) is 4. The van der Waals surface area contributed by atoms with Gasteiger partial charge in [0.05, 0.1) is 24.3 Å². The van der Waals surface area contributed by atoms with Crippen LogP contribution in [0.25, 0.3) is 0 Å². The van der Waals surface area contributed by atoms with Crippen LogP contribution in [0.1, 0.15) is 131 Å². The summed E-state index contributed by atoms with van der Waals surface area (Å²) >= 11 is 0. The third-order valence-corrected chi connectivity index (χ3v) is 5.74. The number of unbranched alkanes of at least 4 members (excludes halogenated alkanes) is 10. The summed E-state index contributed by atoms with van der Waals surface area (Å²) in [6.07, 6.45) is 22.1.